The summed E-state index contributed by atoms with van der Waals surface area (Å²) in [5, 5.41) is 17.6. The maximum atomic E-state index is 11.4. The number of hydrogen-bond donors (Lipinski definition) is 2. The highest BCUT2D eigenvalue weighted by Gasteiger charge is 2.18. The first-order valence-electron chi connectivity index (χ1n) is 9.04. The first-order valence-corrected chi connectivity index (χ1v) is 9.04. The van der Waals surface area contributed by atoms with Gasteiger partial charge in [0, 0.05) is 6.42 Å². The molecule has 0 spiro atoms. The zero-order chi connectivity index (χ0) is 17.5. The minimum Gasteiger partial charge on any atom is -0.393 e. The molecule has 0 aliphatic carbocycles. The summed E-state index contributed by atoms with van der Waals surface area (Å²) in [4.78, 5) is 22.5. The van der Waals surface area contributed by atoms with Crippen molar-refractivity contribution in [2.24, 2.45) is 5.92 Å². The van der Waals surface area contributed by atoms with E-state index in [2.05, 4.69) is 18.6 Å². The van der Waals surface area contributed by atoms with Crippen LogP contribution < -0.4 is 0 Å². The summed E-state index contributed by atoms with van der Waals surface area (Å²) >= 11 is 0. The Bertz CT molecular complexity index is 317. The topological polar surface area (TPSA) is 83.8 Å². The zero-order valence-electron chi connectivity index (χ0n) is 14.8. The molecule has 0 saturated heterocycles. The molecule has 2 unspecified atom stereocenters. The molecule has 23 heavy (non-hydrogen) atoms. The number of carbonyl (C=O) groups is 2. The molecular formula is C18H34O5. The molecule has 0 aromatic carbocycles. The summed E-state index contributed by atoms with van der Waals surface area (Å²) in [6.45, 7) is 3.73. The molecule has 2 atom stereocenters. The highest BCUT2D eigenvalue weighted by atomic mass is 16.6. The van der Waals surface area contributed by atoms with Crippen molar-refractivity contribution in [3.05, 3.63) is 0 Å². The van der Waals surface area contributed by atoms with Crippen LogP contribution in [0.25, 0.3) is 0 Å². The average molecular weight is 330 g/mol. The molecule has 0 aromatic rings. The van der Waals surface area contributed by atoms with Gasteiger partial charge in [-0.25, -0.2) is 4.79 Å². The lowest BCUT2D eigenvalue weighted by molar-refractivity contribution is -0.167. The number of ether oxygens (including phenoxy) is 1. The standard InChI is InChI=1S/C18H34O5/c1-3-4-5-6-7-8-11-15(2)12-9-10-13-17(21)23-18(22)16(20)14-19/h15-16,19-20H,3-14H2,1-2H3. The quantitative estimate of drug-likeness (QED) is 0.290. The van der Waals surface area contributed by atoms with Crippen molar-refractivity contribution in [3.63, 3.8) is 0 Å². The third-order valence-corrected chi connectivity index (χ3v) is 4.04. The molecule has 0 fully saturated rings. The van der Waals surface area contributed by atoms with Gasteiger partial charge in [0.05, 0.1) is 6.61 Å². The van der Waals surface area contributed by atoms with Gasteiger partial charge in [0.25, 0.3) is 0 Å². The normalized spacial score (nSPS) is 13.6. The molecule has 5 heteroatoms. The van der Waals surface area contributed by atoms with Gasteiger partial charge in [-0.1, -0.05) is 71.6 Å². The summed E-state index contributed by atoms with van der Waals surface area (Å²) in [7, 11) is 0. The second kappa shape index (κ2) is 14.6. The number of unbranched alkanes of at least 4 members (excludes halogenated alkanes) is 6. The summed E-state index contributed by atoms with van der Waals surface area (Å²) in [6, 6.07) is 0. The summed E-state index contributed by atoms with van der Waals surface area (Å²) in [5.74, 6) is -1.05. The van der Waals surface area contributed by atoms with Crippen LogP contribution in [-0.2, 0) is 14.3 Å². The lowest BCUT2D eigenvalue weighted by Gasteiger charge is -2.11. The minimum absolute atomic E-state index is 0.174. The van der Waals surface area contributed by atoms with Crippen LogP contribution in [0.3, 0.4) is 0 Å². The molecule has 0 aromatic heterocycles. The van der Waals surface area contributed by atoms with E-state index >= 15 is 0 Å². The summed E-state index contributed by atoms with van der Waals surface area (Å²) in [6.07, 6.45) is 10.4. The summed E-state index contributed by atoms with van der Waals surface area (Å²) in [5.41, 5.74) is 0. The van der Waals surface area contributed by atoms with Crippen molar-refractivity contribution < 1.29 is 24.5 Å². The van der Waals surface area contributed by atoms with Gasteiger partial charge in [0.2, 0.25) is 0 Å². The number of esters is 2. The second-order valence-electron chi connectivity index (χ2n) is 6.40. The molecule has 0 aliphatic heterocycles. The van der Waals surface area contributed by atoms with Crippen molar-refractivity contribution in [2.75, 3.05) is 6.61 Å². The number of rotatable bonds is 14. The van der Waals surface area contributed by atoms with Crippen LogP contribution >= 0.6 is 0 Å². The molecule has 0 aliphatic rings. The maximum absolute atomic E-state index is 11.4. The molecule has 2 N–H and O–H groups in total. The molecule has 0 rings (SSSR count). The maximum Gasteiger partial charge on any atom is 0.345 e. The van der Waals surface area contributed by atoms with Crippen LogP contribution in [0.2, 0.25) is 0 Å². The third-order valence-electron chi connectivity index (χ3n) is 4.04. The van der Waals surface area contributed by atoms with Gasteiger partial charge >= 0.3 is 11.9 Å². The monoisotopic (exact) mass is 330 g/mol. The Balaban J connectivity index is 3.52. The van der Waals surface area contributed by atoms with Crippen LogP contribution in [0.4, 0.5) is 0 Å². The first kappa shape index (κ1) is 22.1. The van der Waals surface area contributed by atoms with Crippen LogP contribution in [0, 0.1) is 5.92 Å². The van der Waals surface area contributed by atoms with Crippen LogP contribution in [0.15, 0.2) is 0 Å². The van der Waals surface area contributed by atoms with Crippen LogP contribution in [0.5, 0.6) is 0 Å². The molecule has 0 bridgehead atoms. The van der Waals surface area contributed by atoms with Gasteiger partial charge in [0.1, 0.15) is 0 Å². The molecular weight excluding hydrogens is 296 g/mol. The second-order valence-corrected chi connectivity index (χ2v) is 6.40. The van der Waals surface area contributed by atoms with Crippen molar-refractivity contribution in [1.29, 1.82) is 0 Å². The Kier molecular flexibility index (Phi) is 14.0. The summed E-state index contributed by atoms with van der Waals surface area (Å²) < 4.78 is 4.43. The Hall–Kier alpha value is -0.940. The fourth-order valence-electron chi connectivity index (χ4n) is 2.49. The first-order chi connectivity index (χ1) is 11.0. The zero-order valence-corrected chi connectivity index (χ0v) is 14.8. The SMILES string of the molecule is CCCCCCCCC(C)CCCCC(=O)OC(=O)C(O)CO. The van der Waals surface area contributed by atoms with E-state index in [1.807, 2.05) is 0 Å². The third kappa shape index (κ3) is 13.2. The number of hydrogen-bond acceptors (Lipinski definition) is 5. The lowest BCUT2D eigenvalue weighted by Crippen LogP contribution is -2.28. The van der Waals surface area contributed by atoms with E-state index in [1.165, 1.54) is 44.9 Å². The van der Waals surface area contributed by atoms with Gasteiger partial charge in [-0.15, -0.1) is 0 Å². The molecule has 136 valence electrons. The molecule has 5 nitrogen and oxygen atoms in total. The van der Waals surface area contributed by atoms with Crippen molar-refractivity contribution in [2.45, 2.75) is 90.6 Å². The van der Waals surface area contributed by atoms with E-state index in [-0.39, 0.29) is 6.42 Å². The van der Waals surface area contributed by atoms with E-state index in [0.717, 1.165) is 12.8 Å². The van der Waals surface area contributed by atoms with Crippen LogP contribution in [-0.4, -0.2) is 34.9 Å². The lowest BCUT2D eigenvalue weighted by atomic mass is 9.96. The van der Waals surface area contributed by atoms with Crippen molar-refractivity contribution in [1.82, 2.24) is 0 Å². The van der Waals surface area contributed by atoms with Crippen molar-refractivity contribution >= 4 is 11.9 Å². The smallest absolute Gasteiger partial charge is 0.345 e. The Morgan fingerprint density at radius 3 is 2.13 bits per heavy atom. The van der Waals surface area contributed by atoms with E-state index in [0.29, 0.717) is 12.3 Å². The number of aliphatic hydroxyl groups excluding tert-OH is 2. The van der Waals surface area contributed by atoms with Crippen molar-refractivity contribution in [3.8, 4) is 0 Å². The molecule has 0 heterocycles. The Labute approximate surface area is 140 Å². The largest absolute Gasteiger partial charge is 0.393 e. The fourth-order valence-corrected chi connectivity index (χ4v) is 2.49. The van der Waals surface area contributed by atoms with Gasteiger partial charge in [0.15, 0.2) is 6.10 Å². The molecule has 0 saturated carbocycles. The molecule has 0 radical (unpaired) electrons. The van der Waals surface area contributed by atoms with Gasteiger partial charge in [-0.2, -0.15) is 0 Å². The Morgan fingerprint density at radius 2 is 1.52 bits per heavy atom. The van der Waals surface area contributed by atoms with Gasteiger partial charge in [-0.3, -0.25) is 4.79 Å². The van der Waals surface area contributed by atoms with E-state index in [1.54, 1.807) is 0 Å². The molecule has 0 amide bonds. The Morgan fingerprint density at radius 1 is 0.957 bits per heavy atom. The average Bonchev–Trinajstić information content (AvgIpc) is 2.53. The highest BCUT2D eigenvalue weighted by molar-refractivity contribution is 5.87. The number of carbonyl (C=O) groups excluding carboxylic acids is 2. The minimum atomic E-state index is -1.63. The van der Waals surface area contributed by atoms with Crippen LogP contribution in [0.1, 0.15) is 84.5 Å². The van der Waals surface area contributed by atoms with E-state index in [9.17, 15) is 9.59 Å². The van der Waals surface area contributed by atoms with E-state index in [4.69, 9.17) is 10.2 Å². The number of aliphatic hydroxyl groups is 2. The predicted octanol–water partition coefficient (Wildman–Crippen LogP) is 3.36. The fraction of sp³-hybridized carbons (Fsp3) is 0.889. The highest BCUT2D eigenvalue weighted by Crippen LogP contribution is 2.17. The predicted molar refractivity (Wildman–Crippen MR) is 89.8 cm³/mol. The van der Waals surface area contributed by atoms with Gasteiger partial charge < -0.3 is 14.9 Å². The van der Waals surface area contributed by atoms with Gasteiger partial charge in [-0.05, 0) is 12.3 Å². The van der Waals surface area contributed by atoms with E-state index < -0.39 is 24.6 Å².